The number of nitrogens with two attached hydrogens (primary N) is 1. The first-order valence-corrected chi connectivity index (χ1v) is 18.7. The van der Waals surface area contributed by atoms with Gasteiger partial charge in [-0.2, -0.15) is 0 Å². The molecule has 1 aliphatic heterocycles. The Morgan fingerprint density at radius 2 is 1.54 bits per heavy atom. The normalized spacial score (nSPS) is 15.8. The van der Waals surface area contributed by atoms with Gasteiger partial charge in [0.25, 0.3) is 0 Å². The summed E-state index contributed by atoms with van der Waals surface area (Å²) in [7, 11) is 1.56. The summed E-state index contributed by atoms with van der Waals surface area (Å²) in [5, 5.41) is 10.7. The lowest BCUT2D eigenvalue weighted by atomic mass is 9.97. The van der Waals surface area contributed by atoms with Gasteiger partial charge in [0.15, 0.2) is 0 Å². The fourth-order valence-electron chi connectivity index (χ4n) is 5.74. The Morgan fingerprint density at radius 3 is 2.09 bits per heavy atom. The SMILES string of the molecule is COCCOc1ccc(C[C@@H](C(=O)N[C@H](C(=O)N[C@@H](CCCNC(N)=O)C(=O)Nc2ccc(COC(=O)C(C)(C)C)cc2)C(C)C)N2C(=O)CC(C)C2=O)cc1. The summed E-state index contributed by atoms with van der Waals surface area (Å²) >= 11 is 0. The molecule has 0 saturated carbocycles. The maximum Gasteiger partial charge on any atom is 0.312 e. The molecular weight excluding hydrogens is 724 g/mol. The molecular formula is C40H56N6O10. The molecule has 0 radical (unpaired) electrons. The number of rotatable bonds is 20. The highest BCUT2D eigenvalue weighted by molar-refractivity contribution is 6.07. The molecule has 0 spiro atoms. The molecule has 16 nitrogen and oxygen atoms in total. The third-order valence-corrected chi connectivity index (χ3v) is 8.98. The van der Waals surface area contributed by atoms with Crippen molar-refractivity contribution in [1.29, 1.82) is 0 Å². The van der Waals surface area contributed by atoms with Crippen molar-refractivity contribution in [2.24, 2.45) is 23.0 Å². The zero-order valence-corrected chi connectivity index (χ0v) is 33.3. The van der Waals surface area contributed by atoms with E-state index in [2.05, 4.69) is 21.3 Å². The zero-order chi connectivity index (χ0) is 41.6. The number of nitrogens with one attached hydrogen (secondary N) is 4. The van der Waals surface area contributed by atoms with E-state index in [1.165, 1.54) is 0 Å². The van der Waals surface area contributed by atoms with Gasteiger partial charge in [0.2, 0.25) is 29.5 Å². The number of ether oxygens (including phenoxy) is 3. The van der Waals surface area contributed by atoms with Crippen LogP contribution in [0.15, 0.2) is 48.5 Å². The summed E-state index contributed by atoms with van der Waals surface area (Å²) in [6.07, 6.45) is 0.308. The Morgan fingerprint density at radius 1 is 0.893 bits per heavy atom. The number of nitrogens with zero attached hydrogens (tertiary/aromatic N) is 1. The minimum atomic E-state index is -1.26. The highest BCUT2D eigenvalue weighted by Crippen LogP contribution is 2.25. The molecule has 6 N–H and O–H groups in total. The number of likely N-dealkylation sites (tertiary alicyclic amines) is 1. The second kappa shape index (κ2) is 21.0. The van der Waals surface area contributed by atoms with Crippen LogP contribution in [-0.2, 0) is 51.3 Å². The third-order valence-electron chi connectivity index (χ3n) is 8.98. The Bertz CT molecular complexity index is 1690. The fourth-order valence-corrected chi connectivity index (χ4v) is 5.74. The second-order valence-electron chi connectivity index (χ2n) is 15.1. The van der Waals surface area contributed by atoms with Gasteiger partial charge < -0.3 is 41.2 Å². The van der Waals surface area contributed by atoms with Gasteiger partial charge in [-0.05, 0) is 74.9 Å². The van der Waals surface area contributed by atoms with Crippen LogP contribution in [0.2, 0.25) is 0 Å². The fraction of sp³-hybridized carbons (Fsp3) is 0.525. The van der Waals surface area contributed by atoms with E-state index in [-0.39, 0.29) is 44.8 Å². The van der Waals surface area contributed by atoms with Crippen LogP contribution < -0.4 is 31.7 Å². The van der Waals surface area contributed by atoms with E-state index in [9.17, 15) is 33.6 Å². The van der Waals surface area contributed by atoms with Crippen LogP contribution in [0.25, 0.3) is 0 Å². The smallest absolute Gasteiger partial charge is 0.312 e. The van der Waals surface area contributed by atoms with Gasteiger partial charge in [-0.15, -0.1) is 0 Å². The average molecular weight is 781 g/mol. The third kappa shape index (κ3) is 13.7. The van der Waals surface area contributed by atoms with Crippen molar-refractivity contribution < 1.29 is 47.8 Å². The van der Waals surface area contributed by atoms with Crippen molar-refractivity contribution in [3.8, 4) is 5.75 Å². The van der Waals surface area contributed by atoms with Crippen molar-refractivity contribution in [2.75, 3.05) is 32.2 Å². The van der Waals surface area contributed by atoms with Crippen molar-refractivity contribution >= 4 is 47.2 Å². The Kier molecular flexibility index (Phi) is 16.8. The number of esters is 1. The van der Waals surface area contributed by atoms with Crippen LogP contribution in [0.1, 0.15) is 71.9 Å². The summed E-state index contributed by atoms with van der Waals surface area (Å²) in [4.78, 5) is 92.1. The lowest BCUT2D eigenvalue weighted by Crippen LogP contribution is -2.59. The number of primary amides is 1. The minimum absolute atomic E-state index is 0.0173. The highest BCUT2D eigenvalue weighted by Gasteiger charge is 2.44. The molecule has 3 rings (SSSR count). The summed E-state index contributed by atoms with van der Waals surface area (Å²) in [5.41, 5.74) is 6.30. The summed E-state index contributed by atoms with van der Waals surface area (Å²) in [6, 6.07) is 9.27. The van der Waals surface area contributed by atoms with Gasteiger partial charge in [0.05, 0.1) is 12.0 Å². The molecule has 306 valence electrons. The van der Waals surface area contributed by atoms with Crippen molar-refractivity contribution in [2.45, 2.75) is 92.0 Å². The predicted octanol–water partition coefficient (Wildman–Crippen LogP) is 2.82. The molecule has 4 atom stereocenters. The van der Waals surface area contributed by atoms with Gasteiger partial charge in [-0.25, -0.2) is 4.79 Å². The lowest BCUT2D eigenvalue weighted by Gasteiger charge is -2.30. The molecule has 7 amide bonds. The van der Waals surface area contributed by atoms with E-state index in [1.807, 2.05) is 0 Å². The standard InChI is InChI=1S/C40H56N6O10/c1-24(2)33(45-35(49)31(46-32(47)21-25(3)37(46)51)22-26-12-16-29(17-13-26)55-20-19-54-7)36(50)44-30(9-8-18-42-39(41)53)34(48)43-28-14-10-27(11-15-28)23-56-38(52)40(4,5)6/h10-17,24-25,30-31,33H,8-9,18-23H2,1-7H3,(H,43,48)(H,44,50)(H,45,49)(H3,41,42,53)/t25?,30-,31-,33-/m0/s1. The molecule has 0 aliphatic carbocycles. The number of benzene rings is 2. The number of carbonyl (C=O) groups is 7. The quantitative estimate of drug-likeness (QED) is 0.0751. The Hall–Kier alpha value is -5.51. The van der Waals surface area contributed by atoms with Crippen LogP contribution in [0.4, 0.5) is 10.5 Å². The van der Waals surface area contributed by atoms with Gasteiger partial charge in [0, 0.05) is 38.1 Å². The number of anilines is 1. The maximum absolute atomic E-state index is 14.1. The first-order chi connectivity index (χ1) is 26.4. The van der Waals surface area contributed by atoms with Crippen LogP contribution in [-0.4, -0.2) is 91.4 Å². The summed E-state index contributed by atoms with van der Waals surface area (Å²) < 4.78 is 16.0. The van der Waals surface area contributed by atoms with E-state index >= 15 is 0 Å². The number of carbonyl (C=O) groups excluding carboxylic acids is 7. The van der Waals surface area contributed by atoms with Crippen molar-refractivity contribution in [3.63, 3.8) is 0 Å². The molecule has 1 aliphatic rings. The molecule has 1 fully saturated rings. The minimum Gasteiger partial charge on any atom is -0.491 e. The van der Waals surface area contributed by atoms with E-state index in [0.717, 1.165) is 4.90 Å². The van der Waals surface area contributed by atoms with Crippen LogP contribution >= 0.6 is 0 Å². The molecule has 1 heterocycles. The second-order valence-corrected chi connectivity index (χ2v) is 15.1. The number of methoxy groups -OCH3 is 1. The Balaban J connectivity index is 1.78. The number of urea groups is 1. The molecule has 0 bridgehead atoms. The topological polar surface area (TPSA) is 225 Å². The number of amides is 7. The molecule has 56 heavy (non-hydrogen) atoms. The molecule has 1 unspecified atom stereocenters. The van der Waals surface area contributed by atoms with Crippen LogP contribution in [0.5, 0.6) is 5.75 Å². The Labute approximate surface area is 327 Å². The summed E-state index contributed by atoms with van der Waals surface area (Å²) in [6.45, 7) is 11.2. The van der Waals surface area contributed by atoms with Gasteiger partial charge >= 0.3 is 12.0 Å². The van der Waals surface area contributed by atoms with E-state index < -0.39 is 70.9 Å². The monoisotopic (exact) mass is 780 g/mol. The van der Waals surface area contributed by atoms with Gasteiger partial charge in [0.1, 0.15) is 37.1 Å². The number of imide groups is 1. The number of hydrogen-bond acceptors (Lipinski definition) is 10. The van der Waals surface area contributed by atoms with Crippen LogP contribution in [0, 0.1) is 17.3 Å². The molecule has 0 aromatic heterocycles. The molecule has 2 aromatic carbocycles. The van der Waals surface area contributed by atoms with Crippen molar-refractivity contribution in [3.05, 3.63) is 59.7 Å². The number of hydrogen-bond donors (Lipinski definition) is 5. The summed E-state index contributed by atoms with van der Waals surface area (Å²) in [5.74, 6) is -3.79. The largest absolute Gasteiger partial charge is 0.491 e. The molecule has 1 saturated heterocycles. The molecule has 16 heteroatoms. The van der Waals surface area contributed by atoms with Crippen LogP contribution in [0.3, 0.4) is 0 Å². The highest BCUT2D eigenvalue weighted by atomic mass is 16.5. The lowest BCUT2D eigenvalue weighted by molar-refractivity contribution is -0.154. The molecule has 2 aromatic rings. The van der Waals surface area contributed by atoms with Crippen molar-refractivity contribution in [1.82, 2.24) is 20.9 Å². The first kappa shape index (κ1) is 44.9. The first-order valence-electron chi connectivity index (χ1n) is 18.7. The zero-order valence-electron chi connectivity index (χ0n) is 33.3. The van der Waals surface area contributed by atoms with E-state index in [0.29, 0.717) is 35.8 Å². The predicted molar refractivity (Wildman–Crippen MR) is 207 cm³/mol. The van der Waals surface area contributed by atoms with Gasteiger partial charge in [-0.1, -0.05) is 45.0 Å². The maximum atomic E-state index is 14.1. The van der Waals surface area contributed by atoms with E-state index in [1.54, 1.807) is 97.2 Å². The van der Waals surface area contributed by atoms with E-state index in [4.69, 9.17) is 19.9 Å². The average Bonchev–Trinajstić information content (AvgIpc) is 3.39. The van der Waals surface area contributed by atoms with Gasteiger partial charge in [-0.3, -0.25) is 33.7 Å².